The lowest BCUT2D eigenvalue weighted by atomic mass is 10.4. The number of nitrogens with two attached hydrogens (primary N) is 1. The average molecular weight is 164 g/mol. The van der Waals surface area contributed by atoms with Crippen LogP contribution >= 0.6 is 0 Å². The summed E-state index contributed by atoms with van der Waals surface area (Å²) in [6, 6.07) is 1.82. The Kier molecular flexibility index (Phi) is 2.63. The highest BCUT2D eigenvalue weighted by Crippen LogP contribution is 2.13. The molecule has 64 valence electrons. The lowest BCUT2D eigenvalue weighted by Crippen LogP contribution is -2.08. The van der Waals surface area contributed by atoms with Crippen LogP contribution in [0.25, 0.3) is 0 Å². The highest BCUT2D eigenvalue weighted by molar-refractivity contribution is 5.58. The quantitative estimate of drug-likeness (QED) is 0.526. The van der Waals surface area contributed by atoms with Crippen LogP contribution in [0, 0.1) is 0 Å². The van der Waals surface area contributed by atoms with Gasteiger partial charge < -0.3 is 5.73 Å². The van der Waals surface area contributed by atoms with E-state index in [9.17, 15) is 0 Å². The van der Waals surface area contributed by atoms with Gasteiger partial charge >= 0.3 is 0 Å². The van der Waals surface area contributed by atoms with Gasteiger partial charge in [-0.15, -0.1) is 0 Å². The predicted octanol–water partition coefficient (Wildman–Crippen LogP) is 1.11. The molecule has 1 rings (SSSR count). The summed E-state index contributed by atoms with van der Waals surface area (Å²) < 4.78 is 0. The maximum absolute atomic E-state index is 5.55. The van der Waals surface area contributed by atoms with Crippen molar-refractivity contribution in [2.75, 3.05) is 17.8 Å². The van der Waals surface area contributed by atoms with Crippen LogP contribution in [0.15, 0.2) is 23.6 Å². The molecule has 1 aromatic heterocycles. The predicted molar refractivity (Wildman–Crippen MR) is 51.2 cm³/mol. The summed E-state index contributed by atoms with van der Waals surface area (Å²) in [5, 5.41) is 5.76. The lowest BCUT2D eigenvalue weighted by molar-refractivity contribution is 1.01. The topological polar surface area (TPSA) is 54.5 Å². The Bertz CT molecular complexity index is 282. The van der Waals surface area contributed by atoms with E-state index in [1.807, 2.05) is 20.0 Å². The Morgan fingerprint density at radius 1 is 1.58 bits per heavy atom. The fourth-order valence-corrected chi connectivity index (χ4v) is 0.862. The van der Waals surface area contributed by atoms with Crippen LogP contribution in [-0.4, -0.2) is 18.2 Å². The number of pyridine rings is 1. The largest absolute Gasteiger partial charge is 0.397 e. The normalized spacial score (nSPS) is 10.5. The van der Waals surface area contributed by atoms with Crippen molar-refractivity contribution in [2.24, 2.45) is 5.10 Å². The maximum atomic E-state index is 5.55. The summed E-state index contributed by atoms with van der Waals surface area (Å²) in [5.74, 6) is 0. The fraction of sp³-hybridized carbons (Fsp3) is 0.250. The lowest BCUT2D eigenvalue weighted by Gasteiger charge is -2.11. The van der Waals surface area contributed by atoms with Gasteiger partial charge in [0.15, 0.2) is 0 Å². The first-order valence-corrected chi connectivity index (χ1v) is 3.67. The summed E-state index contributed by atoms with van der Waals surface area (Å²) in [5.41, 5.74) is 7.08. The first-order valence-electron chi connectivity index (χ1n) is 3.67. The molecular weight excluding hydrogens is 152 g/mol. The van der Waals surface area contributed by atoms with Gasteiger partial charge in [0.2, 0.25) is 0 Å². The molecule has 0 saturated carbocycles. The molecule has 0 amide bonds. The number of nitrogen functional groups attached to an aromatic ring is 1. The molecule has 0 aliphatic heterocycles. The van der Waals surface area contributed by atoms with Crippen molar-refractivity contribution < 1.29 is 0 Å². The van der Waals surface area contributed by atoms with Crippen molar-refractivity contribution in [1.29, 1.82) is 0 Å². The molecule has 0 aromatic carbocycles. The van der Waals surface area contributed by atoms with Gasteiger partial charge in [-0.3, -0.25) is 9.99 Å². The number of anilines is 2. The zero-order valence-electron chi connectivity index (χ0n) is 7.23. The summed E-state index contributed by atoms with van der Waals surface area (Å²) in [6.45, 7) is 1.86. The van der Waals surface area contributed by atoms with Crippen molar-refractivity contribution >= 4 is 17.6 Å². The van der Waals surface area contributed by atoms with E-state index >= 15 is 0 Å². The Balaban J connectivity index is 2.87. The van der Waals surface area contributed by atoms with E-state index in [-0.39, 0.29) is 0 Å². The fourth-order valence-electron chi connectivity index (χ4n) is 0.862. The van der Waals surface area contributed by atoms with Gasteiger partial charge in [-0.1, -0.05) is 0 Å². The van der Waals surface area contributed by atoms with E-state index in [1.54, 1.807) is 23.6 Å². The van der Waals surface area contributed by atoms with Crippen molar-refractivity contribution in [3.63, 3.8) is 0 Å². The molecule has 0 bridgehead atoms. The van der Waals surface area contributed by atoms with Crippen LogP contribution in [0.1, 0.15) is 6.92 Å². The van der Waals surface area contributed by atoms with Gasteiger partial charge in [-0.05, 0) is 13.0 Å². The average Bonchev–Trinajstić information content (AvgIpc) is 2.05. The summed E-state index contributed by atoms with van der Waals surface area (Å²) >= 11 is 0. The Morgan fingerprint density at radius 3 is 2.92 bits per heavy atom. The molecule has 1 aromatic rings. The van der Waals surface area contributed by atoms with Crippen LogP contribution in [0.3, 0.4) is 0 Å². The van der Waals surface area contributed by atoms with Crippen LogP contribution < -0.4 is 10.7 Å². The third kappa shape index (κ3) is 1.95. The second kappa shape index (κ2) is 3.71. The van der Waals surface area contributed by atoms with E-state index in [4.69, 9.17) is 5.73 Å². The minimum absolute atomic E-state index is 0.644. The Hall–Kier alpha value is -1.58. The molecular formula is C8H12N4. The minimum Gasteiger partial charge on any atom is -0.397 e. The molecule has 0 aliphatic carbocycles. The van der Waals surface area contributed by atoms with Gasteiger partial charge in [0.05, 0.1) is 17.6 Å². The Morgan fingerprint density at radius 2 is 2.33 bits per heavy atom. The SMILES string of the molecule is C/C=N\N(C)c1cncc(N)c1. The first kappa shape index (κ1) is 8.52. The highest BCUT2D eigenvalue weighted by atomic mass is 15.4. The second-order valence-electron chi connectivity index (χ2n) is 2.37. The zero-order valence-corrected chi connectivity index (χ0v) is 7.23. The van der Waals surface area contributed by atoms with E-state index < -0.39 is 0 Å². The van der Waals surface area contributed by atoms with Crippen molar-refractivity contribution in [3.8, 4) is 0 Å². The van der Waals surface area contributed by atoms with Crippen molar-refractivity contribution in [1.82, 2.24) is 4.98 Å². The number of hydrazone groups is 1. The molecule has 0 atom stereocenters. The maximum Gasteiger partial charge on any atom is 0.0794 e. The molecule has 0 saturated heterocycles. The number of rotatable bonds is 2. The molecule has 0 radical (unpaired) electrons. The van der Waals surface area contributed by atoms with Gasteiger partial charge in [0.25, 0.3) is 0 Å². The number of hydrogen-bond donors (Lipinski definition) is 1. The van der Waals surface area contributed by atoms with E-state index in [0.717, 1.165) is 5.69 Å². The van der Waals surface area contributed by atoms with Crippen LogP contribution in [0.2, 0.25) is 0 Å². The number of hydrogen-bond acceptors (Lipinski definition) is 4. The second-order valence-corrected chi connectivity index (χ2v) is 2.37. The molecule has 12 heavy (non-hydrogen) atoms. The van der Waals surface area contributed by atoms with E-state index in [2.05, 4.69) is 10.1 Å². The zero-order chi connectivity index (χ0) is 8.97. The molecule has 0 aliphatic rings. The summed E-state index contributed by atoms with van der Waals surface area (Å²) in [7, 11) is 1.84. The summed E-state index contributed by atoms with van der Waals surface area (Å²) in [6.07, 6.45) is 5.03. The van der Waals surface area contributed by atoms with Crippen LogP contribution in [-0.2, 0) is 0 Å². The van der Waals surface area contributed by atoms with Gasteiger partial charge in [-0.2, -0.15) is 5.10 Å². The highest BCUT2D eigenvalue weighted by Gasteiger charge is 1.97. The third-order valence-corrected chi connectivity index (χ3v) is 1.41. The van der Waals surface area contributed by atoms with E-state index in [0.29, 0.717) is 5.69 Å². The number of nitrogens with zero attached hydrogens (tertiary/aromatic N) is 3. The first-order chi connectivity index (χ1) is 5.74. The number of aromatic nitrogens is 1. The van der Waals surface area contributed by atoms with Crippen molar-refractivity contribution in [2.45, 2.75) is 6.92 Å². The van der Waals surface area contributed by atoms with Gasteiger partial charge in [-0.25, -0.2) is 0 Å². The smallest absolute Gasteiger partial charge is 0.0794 e. The van der Waals surface area contributed by atoms with Gasteiger partial charge in [0, 0.05) is 19.5 Å². The van der Waals surface area contributed by atoms with Gasteiger partial charge in [0.1, 0.15) is 0 Å². The molecule has 4 heteroatoms. The van der Waals surface area contributed by atoms with Crippen LogP contribution in [0.4, 0.5) is 11.4 Å². The standard InChI is InChI=1S/C8H12N4/c1-3-11-12(2)8-4-7(9)5-10-6-8/h3-6H,9H2,1-2H3/b11-3-. The Labute approximate surface area is 71.7 Å². The van der Waals surface area contributed by atoms with E-state index in [1.165, 1.54) is 0 Å². The van der Waals surface area contributed by atoms with Crippen LogP contribution in [0.5, 0.6) is 0 Å². The molecule has 0 unspecified atom stereocenters. The summed E-state index contributed by atoms with van der Waals surface area (Å²) in [4.78, 5) is 3.95. The molecule has 0 fully saturated rings. The molecule has 0 spiro atoms. The monoisotopic (exact) mass is 164 g/mol. The molecule has 4 nitrogen and oxygen atoms in total. The minimum atomic E-state index is 0.644. The molecule has 2 N–H and O–H groups in total. The third-order valence-electron chi connectivity index (χ3n) is 1.41. The van der Waals surface area contributed by atoms with Crippen molar-refractivity contribution in [3.05, 3.63) is 18.5 Å². The molecule has 1 heterocycles.